The summed E-state index contributed by atoms with van der Waals surface area (Å²) in [6, 6.07) is 17.3. The van der Waals surface area contributed by atoms with E-state index in [1.807, 2.05) is 54.6 Å². The van der Waals surface area contributed by atoms with Crippen molar-refractivity contribution >= 4 is 5.91 Å². The van der Waals surface area contributed by atoms with Crippen LogP contribution in [-0.2, 0) is 11.2 Å². The van der Waals surface area contributed by atoms with Gasteiger partial charge in [-0.05, 0) is 18.1 Å². The summed E-state index contributed by atoms with van der Waals surface area (Å²) in [4.78, 5) is 11.7. The number of amides is 1. The summed E-state index contributed by atoms with van der Waals surface area (Å²) in [6.45, 7) is 0. The number of para-hydroxylation sites is 1. The van der Waals surface area contributed by atoms with E-state index < -0.39 is 0 Å². The lowest BCUT2D eigenvalue weighted by Crippen LogP contribution is -2.23. The molecule has 3 heteroatoms. The second-order valence-corrected chi connectivity index (χ2v) is 4.39. The predicted octanol–water partition coefficient (Wildman–Crippen LogP) is 2.51. The van der Waals surface area contributed by atoms with Crippen molar-refractivity contribution in [3.8, 4) is 5.75 Å². The Morgan fingerprint density at radius 2 is 1.74 bits per heavy atom. The molecule has 2 rings (SSSR count). The van der Waals surface area contributed by atoms with Gasteiger partial charge in [0.15, 0.2) is 0 Å². The van der Waals surface area contributed by atoms with E-state index in [2.05, 4.69) is 0 Å². The Bertz CT molecular complexity index is 552. The summed E-state index contributed by atoms with van der Waals surface area (Å²) in [5.41, 5.74) is 7.46. The maximum Gasteiger partial charge on any atom is 0.225 e. The molecular weight excluding hydrogens is 238 g/mol. The van der Waals surface area contributed by atoms with Crippen molar-refractivity contribution in [1.29, 1.82) is 0 Å². The second-order valence-electron chi connectivity index (χ2n) is 4.39. The molecule has 0 heterocycles. The van der Waals surface area contributed by atoms with Crippen LogP contribution in [0.25, 0.3) is 0 Å². The van der Waals surface area contributed by atoms with Crippen molar-refractivity contribution in [3.05, 3.63) is 65.7 Å². The number of nitrogens with two attached hydrogens (primary N) is 1. The zero-order valence-corrected chi connectivity index (χ0v) is 10.9. The van der Waals surface area contributed by atoms with E-state index in [1.54, 1.807) is 7.11 Å². The zero-order valence-electron chi connectivity index (χ0n) is 10.9. The van der Waals surface area contributed by atoms with Crippen LogP contribution < -0.4 is 10.5 Å². The number of rotatable bonds is 5. The third-order valence-electron chi connectivity index (χ3n) is 3.14. The normalized spacial score (nSPS) is 11.8. The van der Waals surface area contributed by atoms with Crippen LogP contribution in [0.5, 0.6) is 5.75 Å². The highest BCUT2D eigenvalue weighted by molar-refractivity contribution is 5.83. The molecule has 98 valence electrons. The van der Waals surface area contributed by atoms with E-state index in [0.29, 0.717) is 12.2 Å². The fraction of sp³-hybridized carbons (Fsp3) is 0.188. The van der Waals surface area contributed by atoms with Crippen molar-refractivity contribution in [2.75, 3.05) is 7.11 Å². The van der Waals surface area contributed by atoms with Crippen LogP contribution in [-0.4, -0.2) is 13.0 Å². The van der Waals surface area contributed by atoms with Gasteiger partial charge in [0.2, 0.25) is 5.91 Å². The summed E-state index contributed by atoms with van der Waals surface area (Å²) in [5.74, 6) is -0.0193. The topological polar surface area (TPSA) is 52.3 Å². The van der Waals surface area contributed by atoms with Crippen LogP contribution in [0.2, 0.25) is 0 Å². The van der Waals surface area contributed by atoms with Gasteiger partial charge in [-0.3, -0.25) is 4.79 Å². The molecule has 2 N–H and O–H groups in total. The molecule has 1 amide bonds. The summed E-state index contributed by atoms with van der Waals surface area (Å²) in [6.07, 6.45) is 0.580. The molecule has 0 radical (unpaired) electrons. The van der Waals surface area contributed by atoms with E-state index in [9.17, 15) is 4.79 Å². The maximum atomic E-state index is 11.7. The highest BCUT2D eigenvalue weighted by Gasteiger charge is 2.21. The van der Waals surface area contributed by atoms with Gasteiger partial charge in [-0.15, -0.1) is 0 Å². The highest BCUT2D eigenvalue weighted by Crippen LogP contribution is 2.28. The summed E-state index contributed by atoms with van der Waals surface area (Å²) < 4.78 is 5.31. The Hall–Kier alpha value is -2.29. The molecule has 0 saturated carbocycles. The van der Waals surface area contributed by atoms with Crippen LogP contribution in [0.15, 0.2) is 54.6 Å². The molecule has 3 nitrogen and oxygen atoms in total. The largest absolute Gasteiger partial charge is 0.496 e. The smallest absolute Gasteiger partial charge is 0.225 e. The fourth-order valence-electron chi connectivity index (χ4n) is 2.17. The second kappa shape index (κ2) is 6.05. The molecule has 0 aliphatic rings. The van der Waals surface area contributed by atoms with E-state index in [1.165, 1.54) is 0 Å². The van der Waals surface area contributed by atoms with Crippen molar-refractivity contribution in [1.82, 2.24) is 0 Å². The van der Waals surface area contributed by atoms with Crippen LogP contribution in [0, 0.1) is 0 Å². The zero-order chi connectivity index (χ0) is 13.7. The fourth-order valence-corrected chi connectivity index (χ4v) is 2.17. The van der Waals surface area contributed by atoms with Crippen LogP contribution >= 0.6 is 0 Å². The number of carbonyl (C=O) groups excluding carboxylic acids is 1. The highest BCUT2D eigenvalue weighted by atomic mass is 16.5. The number of ether oxygens (including phenoxy) is 1. The van der Waals surface area contributed by atoms with Gasteiger partial charge >= 0.3 is 0 Å². The monoisotopic (exact) mass is 255 g/mol. The number of hydrogen-bond donors (Lipinski definition) is 1. The molecule has 0 fully saturated rings. The molecule has 0 spiro atoms. The number of methoxy groups -OCH3 is 1. The molecule has 0 aliphatic heterocycles. The van der Waals surface area contributed by atoms with Gasteiger partial charge < -0.3 is 10.5 Å². The standard InChI is InChI=1S/C16H17NO2/c1-19-15-10-6-5-9-13(15)14(16(17)18)11-12-7-3-2-4-8-12/h2-10,14H,11H2,1H3,(H2,17,18). The van der Waals surface area contributed by atoms with Crippen molar-refractivity contribution in [2.24, 2.45) is 5.73 Å². The number of primary amides is 1. The molecule has 0 aliphatic carbocycles. The third kappa shape index (κ3) is 3.13. The molecule has 2 aromatic rings. The summed E-state index contributed by atoms with van der Waals surface area (Å²) in [5, 5.41) is 0. The molecule has 0 bridgehead atoms. The van der Waals surface area contributed by atoms with Gasteiger partial charge in [-0.2, -0.15) is 0 Å². The van der Waals surface area contributed by atoms with Crippen molar-refractivity contribution < 1.29 is 9.53 Å². The molecule has 2 aromatic carbocycles. The lowest BCUT2D eigenvalue weighted by atomic mass is 9.91. The van der Waals surface area contributed by atoms with E-state index in [4.69, 9.17) is 10.5 Å². The third-order valence-corrected chi connectivity index (χ3v) is 3.14. The first-order valence-electron chi connectivity index (χ1n) is 6.18. The first-order valence-corrected chi connectivity index (χ1v) is 6.18. The first-order chi connectivity index (χ1) is 9.22. The number of benzene rings is 2. The summed E-state index contributed by atoms with van der Waals surface area (Å²) in [7, 11) is 1.60. The molecule has 0 aromatic heterocycles. The molecular formula is C16H17NO2. The van der Waals surface area contributed by atoms with Crippen LogP contribution in [0.3, 0.4) is 0 Å². The van der Waals surface area contributed by atoms with Gasteiger partial charge in [-0.25, -0.2) is 0 Å². The Morgan fingerprint density at radius 3 is 2.37 bits per heavy atom. The number of carbonyl (C=O) groups is 1. The average molecular weight is 255 g/mol. The van der Waals surface area contributed by atoms with Crippen molar-refractivity contribution in [2.45, 2.75) is 12.3 Å². The average Bonchev–Trinajstić information content (AvgIpc) is 2.45. The molecule has 1 unspecified atom stereocenters. The van der Waals surface area contributed by atoms with Crippen LogP contribution in [0.1, 0.15) is 17.0 Å². The SMILES string of the molecule is COc1ccccc1C(Cc1ccccc1)C(N)=O. The molecule has 19 heavy (non-hydrogen) atoms. The Balaban J connectivity index is 2.33. The molecule has 0 saturated heterocycles. The van der Waals surface area contributed by atoms with E-state index in [-0.39, 0.29) is 11.8 Å². The van der Waals surface area contributed by atoms with Gasteiger partial charge in [0, 0.05) is 5.56 Å². The Labute approximate surface area is 113 Å². The maximum absolute atomic E-state index is 11.7. The molecule has 1 atom stereocenters. The lowest BCUT2D eigenvalue weighted by molar-refractivity contribution is -0.119. The predicted molar refractivity (Wildman–Crippen MR) is 75.1 cm³/mol. The van der Waals surface area contributed by atoms with Gasteiger partial charge in [0.05, 0.1) is 13.0 Å². The minimum atomic E-state index is -0.376. The van der Waals surface area contributed by atoms with E-state index >= 15 is 0 Å². The van der Waals surface area contributed by atoms with E-state index in [0.717, 1.165) is 11.1 Å². The number of hydrogen-bond acceptors (Lipinski definition) is 2. The minimum Gasteiger partial charge on any atom is -0.496 e. The lowest BCUT2D eigenvalue weighted by Gasteiger charge is -2.17. The minimum absolute atomic E-state index is 0.339. The van der Waals surface area contributed by atoms with Gasteiger partial charge in [-0.1, -0.05) is 48.5 Å². The van der Waals surface area contributed by atoms with Gasteiger partial charge in [0.1, 0.15) is 5.75 Å². The Morgan fingerprint density at radius 1 is 1.11 bits per heavy atom. The van der Waals surface area contributed by atoms with Gasteiger partial charge in [0.25, 0.3) is 0 Å². The van der Waals surface area contributed by atoms with Crippen LogP contribution in [0.4, 0.5) is 0 Å². The summed E-state index contributed by atoms with van der Waals surface area (Å²) >= 11 is 0. The van der Waals surface area contributed by atoms with Crippen molar-refractivity contribution in [3.63, 3.8) is 0 Å². The first kappa shape index (κ1) is 13.1. The Kier molecular flexibility index (Phi) is 4.18. The quantitative estimate of drug-likeness (QED) is 0.892.